The lowest BCUT2D eigenvalue weighted by molar-refractivity contribution is 0.102. The van der Waals surface area contributed by atoms with Gasteiger partial charge in [-0.1, -0.05) is 0 Å². The van der Waals surface area contributed by atoms with Crippen molar-refractivity contribution in [1.29, 1.82) is 0 Å². The summed E-state index contributed by atoms with van der Waals surface area (Å²) in [5.41, 5.74) is 6.75. The van der Waals surface area contributed by atoms with Gasteiger partial charge in [0, 0.05) is 99.9 Å². The molecule has 8 heterocycles. The number of benzene rings is 2. The fourth-order valence-electron chi connectivity index (χ4n) is 9.46. The summed E-state index contributed by atoms with van der Waals surface area (Å²) in [5.74, 6) is -1.89. The molecule has 2 saturated heterocycles. The van der Waals surface area contributed by atoms with E-state index in [4.69, 9.17) is 24.7 Å². The van der Waals surface area contributed by atoms with E-state index < -0.39 is 23.4 Å². The van der Waals surface area contributed by atoms with Crippen molar-refractivity contribution >= 4 is 67.9 Å². The van der Waals surface area contributed by atoms with Crippen LogP contribution in [-0.2, 0) is 6.42 Å². The van der Waals surface area contributed by atoms with E-state index in [1.807, 2.05) is 12.1 Å². The van der Waals surface area contributed by atoms with Gasteiger partial charge in [-0.15, -0.1) is 0 Å². The summed E-state index contributed by atoms with van der Waals surface area (Å²) >= 11 is 0. The van der Waals surface area contributed by atoms with Crippen molar-refractivity contribution in [2.75, 3.05) is 53.2 Å². The first-order valence-corrected chi connectivity index (χ1v) is 22.4. The third kappa shape index (κ3) is 8.74. The highest BCUT2D eigenvalue weighted by Gasteiger charge is 2.27. The number of nitrogens with zero attached hydrogens (tertiary/aromatic N) is 10. The zero-order valence-electron chi connectivity index (χ0n) is 37.9. The number of ether oxygens (including phenoxy) is 1. The quantitative estimate of drug-likeness (QED) is 0.121. The Hall–Kier alpha value is -7.38. The predicted octanol–water partition coefficient (Wildman–Crippen LogP) is 6.26. The number of aryl methyl sites for hydroxylation is 2. The monoisotopic (exact) mass is 908 g/mol. The summed E-state index contributed by atoms with van der Waals surface area (Å²) in [4.78, 5) is 60.4. The molecule has 0 bridgehead atoms. The maximum atomic E-state index is 15.0. The van der Waals surface area contributed by atoms with Gasteiger partial charge in [-0.3, -0.25) is 14.6 Å². The molecule has 8 aromatic rings. The number of amides is 2. The number of pyridine rings is 2. The average molecular weight is 909 g/mol. The molecule has 0 aliphatic carbocycles. The summed E-state index contributed by atoms with van der Waals surface area (Å²) in [6.07, 6.45) is 10.1. The summed E-state index contributed by atoms with van der Waals surface area (Å²) in [6.45, 7) is 15.1. The minimum atomic E-state index is -0.567. The van der Waals surface area contributed by atoms with Crippen molar-refractivity contribution in [3.05, 3.63) is 113 Å². The third-order valence-corrected chi connectivity index (χ3v) is 12.0. The Morgan fingerprint density at radius 3 is 1.67 bits per heavy atom. The van der Waals surface area contributed by atoms with Crippen molar-refractivity contribution in [1.82, 2.24) is 49.3 Å². The molecule has 2 aromatic carbocycles. The number of rotatable bonds is 10. The van der Waals surface area contributed by atoms with Gasteiger partial charge in [-0.05, 0) is 65.8 Å². The van der Waals surface area contributed by atoms with Crippen LogP contribution in [0.2, 0.25) is 0 Å². The van der Waals surface area contributed by atoms with Crippen LogP contribution in [0, 0.1) is 25.5 Å². The van der Waals surface area contributed by atoms with Crippen LogP contribution in [0.4, 0.5) is 31.5 Å². The summed E-state index contributed by atoms with van der Waals surface area (Å²) < 4.78 is 39.3. The SMILES string of the molecule is Cc1cn2cc(NC(=O)c3ccc(N4C[C@H](C)N[C@@H](C)C4)c4ncc(OCCc5cnc6c(C(=O)Nc7cc(F)c8nc(C)cn8c7)ccc(N7C[C@@H](C)N[C@@H](C)C7)c6n5)nc34)cc(F)c2n1. The third-order valence-electron chi connectivity index (χ3n) is 12.0. The summed E-state index contributed by atoms with van der Waals surface area (Å²) in [5, 5.41) is 12.8. The Bertz CT molecular complexity index is 3230. The molecular weight excluding hydrogens is 859 g/mol. The molecule has 0 saturated carbocycles. The molecule has 6 aromatic heterocycles. The normalized spacial score (nSPS) is 18.9. The Labute approximate surface area is 384 Å². The molecule has 0 unspecified atom stereocenters. The number of piperazine rings is 2. The van der Waals surface area contributed by atoms with Crippen LogP contribution < -0.4 is 35.8 Å². The topological polar surface area (TPSA) is 184 Å². The van der Waals surface area contributed by atoms with Gasteiger partial charge in [0.05, 0.1) is 63.8 Å². The van der Waals surface area contributed by atoms with Crippen LogP contribution in [0.3, 0.4) is 0 Å². The Balaban J connectivity index is 0.940. The average Bonchev–Trinajstić information content (AvgIpc) is 3.86. The van der Waals surface area contributed by atoms with Crippen molar-refractivity contribution in [3.63, 3.8) is 0 Å². The summed E-state index contributed by atoms with van der Waals surface area (Å²) in [7, 11) is 0. The first kappa shape index (κ1) is 43.5. The number of aromatic nitrogens is 8. The molecule has 19 heteroatoms. The van der Waals surface area contributed by atoms with Crippen molar-refractivity contribution < 1.29 is 23.1 Å². The van der Waals surface area contributed by atoms with Gasteiger partial charge >= 0.3 is 0 Å². The minimum absolute atomic E-state index is 0.136. The largest absolute Gasteiger partial charge is 0.476 e. The molecule has 4 atom stereocenters. The number of carbonyl (C=O) groups excluding carboxylic acids is 2. The number of halogens is 2. The van der Waals surface area contributed by atoms with Crippen LogP contribution in [0.1, 0.15) is 65.5 Å². The Morgan fingerprint density at radius 2 is 1.13 bits per heavy atom. The zero-order valence-corrected chi connectivity index (χ0v) is 37.9. The number of imidazole rings is 2. The highest BCUT2D eigenvalue weighted by atomic mass is 19.1. The molecular formula is C48H50F2N14O3. The number of carbonyl (C=O) groups is 2. The van der Waals surface area contributed by atoms with E-state index in [2.05, 4.69) is 68.7 Å². The standard InChI is InChI=1S/C48H50F2N14O3/c1-25-17-61(18-26(2)53-25)38-9-8-35(48(66)59-33-14-37(50)46-56-30(6)22-64(46)24-33)42-43(38)52-16-40(60-42)67-12-11-31-15-51-41-34(7-10-39(44(41)57-31)62-19-27(3)54-28(4)20-62)47(65)58-32-13-36(49)45-55-29(5)21-63(45)23-32/h7-10,13-16,21-28,53-54H,11-12,17-20H2,1-6H3,(H,58,65)(H,59,66)/t25-,26-,27-,28+/m0/s1. The van der Waals surface area contributed by atoms with Gasteiger partial charge in [-0.2, -0.15) is 0 Å². The highest BCUT2D eigenvalue weighted by Crippen LogP contribution is 2.32. The van der Waals surface area contributed by atoms with Crippen LogP contribution in [0.5, 0.6) is 5.88 Å². The zero-order chi connectivity index (χ0) is 46.7. The lowest BCUT2D eigenvalue weighted by Gasteiger charge is -2.38. The highest BCUT2D eigenvalue weighted by molar-refractivity contribution is 6.14. The van der Waals surface area contributed by atoms with E-state index in [1.165, 1.54) is 16.5 Å². The van der Waals surface area contributed by atoms with Crippen molar-refractivity contribution in [3.8, 4) is 5.88 Å². The molecule has 67 heavy (non-hydrogen) atoms. The molecule has 0 spiro atoms. The second-order valence-electron chi connectivity index (χ2n) is 17.9. The van der Waals surface area contributed by atoms with Gasteiger partial charge in [0.15, 0.2) is 22.9 Å². The fraction of sp³-hybridized carbons (Fsp3) is 0.333. The molecule has 10 rings (SSSR count). The lowest BCUT2D eigenvalue weighted by Crippen LogP contribution is -2.54. The van der Waals surface area contributed by atoms with Gasteiger partial charge in [0.1, 0.15) is 22.1 Å². The van der Waals surface area contributed by atoms with Gasteiger partial charge in [-0.25, -0.2) is 33.7 Å². The summed E-state index contributed by atoms with van der Waals surface area (Å²) in [6, 6.07) is 10.6. The Morgan fingerprint density at radius 1 is 0.642 bits per heavy atom. The first-order valence-electron chi connectivity index (χ1n) is 22.4. The molecule has 2 fully saturated rings. The number of fused-ring (bicyclic) bond motifs is 4. The molecule has 2 aliphatic heterocycles. The van der Waals surface area contributed by atoms with Crippen molar-refractivity contribution in [2.45, 2.75) is 72.1 Å². The van der Waals surface area contributed by atoms with Gasteiger partial charge < -0.3 is 44.6 Å². The van der Waals surface area contributed by atoms with Crippen LogP contribution in [0.25, 0.3) is 33.4 Å². The fourth-order valence-corrected chi connectivity index (χ4v) is 9.46. The number of anilines is 4. The first-order chi connectivity index (χ1) is 32.2. The Kier molecular flexibility index (Phi) is 11.3. The van der Waals surface area contributed by atoms with E-state index in [-0.39, 0.29) is 70.5 Å². The molecule has 2 aliphatic rings. The lowest BCUT2D eigenvalue weighted by atomic mass is 10.1. The molecule has 0 radical (unpaired) electrons. The molecule has 2 amide bonds. The number of nitrogens with one attached hydrogen (secondary N) is 4. The molecule has 17 nitrogen and oxygen atoms in total. The van der Waals surface area contributed by atoms with E-state index in [0.717, 1.165) is 37.6 Å². The molecule has 344 valence electrons. The van der Waals surface area contributed by atoms with Crippen LogP contribution >= 0.6 is 0 Å². The second-order valence-corrected chi connectivity index (χ2v) is 17.9. The van der Waals surface area contributed by atoms with Gasteiger partial charge in [0.2, 0.25) is 5.88 Å². The molecule has 4 N–H and O–H groups in total. The van der Waals surface area contributed by atoms with Gasteiger partial charge in [0.25, 0.3) is 11.8 Å². The maximum Gasteiger partial charge on any atom is 0.257 e. The number of hydrogen-bond donors (Lipinski definition) is 4. The minimum Gasteiger partial charge on any atom is -0.476 e. The predicted molar refractivity (Wildman–Crippen MR) is 253 cm³/mol. The smallest absolute Gasteiger partial charge is 0.257 e. The maximum absolute atomic E-state index is 15.0. The van der Waals surface area contributed by atoms with Crippen LogP contribution in [-0.4, -0.2) is 107 Å². The van der Waals surface area contributed by atoms with Crippen LogP contribution in [0.15, 0.2) is 73.6 Å². The van der Waals surface area contributed by atoms with E-state index in [0.29, 0.717) is 45.6 Å². The van der Waals surface area contributed by atoms with E-state index >= 15 is 4.39 Å². The van der Waals surface area contributed by atoms with E-state index in [1.54, 1.807) is 67.6 Å². The number of hydrogen-bond acceptors (Lipinski definition) is 13. The van der Waals surface area contributed by atoms with Crippen molar-refractivity contribution in [2.24, 2.45) is 0 Å². The van der Waals surface area contributed by atoms with E-state index in [9.17, 15) is 14.0 Å². The second kappa shape index (κ2) is 17.4.